The molecule has 0 unspecified atom stereocenters. The van der Waals surface area contributed by atoms with Crippen LogP contribution in [0.25, 0.3) is 0 Å². The van der Waals surface area contributed by atoms with Crippen molar-refractivity contribution >= 4 is 11.9 Å². The molecule has 17 heavy (non-hydrogen) atoms. The van der Waals surface area contributed by atoms with Crippen molar-refractivity contribution in [1.82, 2.24) is 5.32 Å². The first-order valence-corrected chi connectivity index (χ1v) is 4.82. The normalized spacial score (nSPS) is 10.9. The Bertz CT molecular complexity index is 467. The molecule has 0 spiro atoms. The first-order chi connectivity index (χ1) is 7.74. The molecule has 6 nitrogen and oxygen atoms in total. The summed E-state index contributed by atoms with van der Waals surface area (Å²) in [6.07, 6.45) is 0. The van der Waals surface area contributed by atoms with Crippen molar-refractivity contribution in [2.75, 3.05) is 0 Å². The summed E-state index contributed by atoms with van der Waals surface area (Å²) in [7, 11) is 0. The lowest BCUT2D eigenvalue weighted by atomic mass is 10.0. The predicted molar refractivity (Wildman–Crippen MR) is 59.0 cm³/mol. The Morgan fingerprint density at radius 3 is 2.35 bits per heavy atom. The van der Waals surface area contributed by atoms with E-state index in [0.29, 0.717) is 0 Å². The second-order valence-corrected chi connectivity index (χ2v) is 4.09. The summed E-state index contributed by atoms with van der Waals surface area (Å²) in [6.45, 7) is 2.63. The van der Waals surface area contributed by atoms with Crippen molar-refractivity contribution in [2.45, 2.75) is 19.4 Å². The average Bonchev–Trinajstić information content (AvgIpc) is 2.20. The smallest absolute Gasteiger partial charge is 0.328 e. The molecule has 0 aliphatic carbocycles. The summed E-state index contributed by atoms with van der Waals surface area (Å²) >= 11 is 0. The number of benzene rings is 1. The highest BCUT2D eigenvalue weighted by molar-refractivity contribution is 6.00. The van der Waals surface area contributed by atoms with E-state index in [4.69, 9.17) is 5.11 Å². The number of aliphatic carboxylic acids is 1. The van der Waals surface area contributed by atoms with Crippen LogP contribution in [0, 0.1) is 0 Å². The molecular weight excluding hydrogens is 226 g/mol. The lowest BCUT2D eigenvalue weighted by Crippen LogP contribution is -2.49. The minimum Gasteiger partial charge on any atom is -0.508 e. The second kappa shape index (κ2) is 4.32. The van der Waals surface area contributed by atoms with Crippen molar-refractivity contribution in [3.8, 4) is 11.5 Å². The lowest BCUT2D eigenvalue weighted by molar-refractivity contribution is -0.143. The van der Waals surface area contributed by atoms with Crippen molar-refractivity contribution in [2.24, 2.45) is 0 Å². The first kappa shape index (κ1) is 12.8. The third kappa shape index (κ3) is 2.87. The minimum atomic E-state index is -1.46. The molecule has 0 fully saturated rings. The van der Waals surface area contributed by atoms with Gasteiger partial charge in [-0.1, -0.05) is 0 Å². The number of hydrogen-bond donors (Lipinski definition) is 4. The maximum atomic E-state index is 11.7. The molecule has 0 aliphatic rings. The van der Waals surface area contributed by atoms with Gasteiger partial charge in [0, 0.05) is 0 Å². The standard InChI is InChI=1S/C11H13NO5/c1-11(2,10(16)17)12-9(15)7-5-6(13)3-4-8(7)14/h3-5,13-14H,1-2H3,(H,12,15)(H,16,17). The van der Waals surface area contributed by atoms with Gasteiger partial charge in [0.05, 0.1) is 5.56 Å². The summed E-state index contributed by atoms with van der Waals surface area (Å²) in [5.41, 5.74) is -1.64. The topological polar surface area (TPSA) is 107 Å². The van der Waals surface area contributed by atoms with E-state index in [9.17, 15) is 19.8 Å². The SMILES string of the molecule is CC(C)(NC(=O)c1cc(O)ccc1O)C(=O)O. The molecule has 0 aliphatic heterocycles. The van der Waals surface area contributed by atoms with E-state index in [-0.39, 0.29) is 17.1 Å². The van der Waals surface area contributed by atoms with Gasteiger partial charge in [-0.2, -0.15) is 0 Å². The molecule has 0 heterocycles. The third-order valence-electron chi connectivity index (χ3n) is 2.19. The largest absolute Gasteiger partial charge is 0.508 e. The zero-order chi connectivity index (χ0) is 13.2. The number of carbonyl (C=O) groups is 2. The highest BCUT2D eigenvalue weighted by Gasteiger charge is 2.30. The Labute approximate surface area is 97.5 Å². The number of amides is 1. The van der Waals surface area contributed by atoms with Crippen molar-refractivity contribution in [3.05, 3.63) is 23.8 Å². The van der Waals surface area contributed by atoms with Crippen LogP contribution in [0.15, 0.2) is 18.2 Å². The molecule has 6 heteroatoms. The van der Waals surface area contributed by atoms with Gasteiger partial charge >= 0.3 is 5.97 Å². The fourth-order valence-corrected chi connectivity index (χ4v) is 1.11. The van der Waals surface area contributed by atoms with E-state index < -0.39 is 17.4 Å². The summed E-state index contributed by atoms with van der Waals surface area (Å²) < 4.78 is 0. The number of aromatic hydroxyl groups is 2. The first-order valence-electron chi connectivity index (χ1n) is 4.82. The molecule has 1 aromatic carbocycles. The second-order valence-electron chi connectivity index (χ2n) is 4.09. The predicted octanol–water partition coefficient (Wildman–Crippen LogP) is 0.691. The van der Waals surface area contributed by atoms with Crippen molar-refractivity contribution in [3.63, 3.8) is 0 Å². The van der Waals surface area contributed by atoms with E-state index in [2.05, 4.69) is 5.32 Å². The Balaban J connectivity index is 2.98. The van der Waals surface area contributed by atoms with Gasteiger partial charge in [-0.05, 0) is 32.0 Å². The molecule has 0 aromatic heterocycles. The van der Waals surface area contributed by atoms with Gasteiger partial charge in [-0.3, -0.25) is 4.79 Å². The van der Waals surface area contributed by atoms with E-state index in [1.807, 2.05) is 0 Å². The number of phenolic OH excluding ortho intramolecular Hbond substituents is 2. The number of rotatable bonds is 3. The molecule has 0 bridgehead atoms. The highest BCUT2D eigenvalue weighted by atomic mass is 16.4. The van der Waals surface area contributed by atoms with Crippen LogP contribution in [-0.2, 0) is 4.79 Å². The molecule has 1 rings (SSSR count). The Hall–Kier alpha value is -2.24. The van der Waals surface area contributed by atoms with Crippen LogP contribution >= 0.6 is 0 Å². The van der Waals surface area contributed by atoms with E-state index in [0.717, 1.165) is 12.1 Å². The summed E-state index contributed by atoms with van der Waals surface area (Å²) in [6, 6.07) is 3.43. The molecule has 1 amide bonds. The maximum Gasteiger partial charge on any atom is 0.328 e. The van der Waals surface area contributed by atoms with Gasteiger partial charge < -0.3 is 20.6 Å². The highest BCUT2D eigenvalue weighted by Crippen LogP contribution is 2.22. The third-order valence-corrected chi connectivity index (χ3v) is 2.19. The Morgan fingerprint density at radius 1 is 1.24 bits per heavy atom. The zero-order valence-electron chi connectivity index (χ0n) is 9.39. The van der Waals surface area contributed by atoms with Crippen molar-refractivity contribution in [1.29, 1.82) is 0 Å². The molecular formula is C11H13NO5. The van der Waals surface area contributed by atoms with Crippen LogP contribution in [-0.4, -0.2) is 32.7 Å². The molecule has 0 saturated heterocycles. The number of nitrogens with one attached hydrogen (secondary N) is 1. The van der Waals surface area contributed by atoms with Crippen molar-refractivity contribution < 1.29 is 24.9 Å². The lowest BCUT2D eigenvalue weighted by Gasteiger charge is -2.21. The monoisotopic (exact) mass is 239 g/mol. The number of carboxylic acid groups (broad SMARTS) is 1. The number of carbonyl (C=O) groups excluding carboxylic acids is 1. The molecule has 0 atom stereocenters. The molecule has 4 N–H and O–H groups in total. The van der Waals surface area contributed by atoms with E-state index in [1.165, 1.54) is 19.9 Å². The molecule has 92 valence electrons. The quantitative estimate of drug-likeness (QED) is 0.580. The van der Waals surface area contributed by atoms with Crippen LogP contribution < -0.4 is 5.32 Å². The maximum absolute atomic E-state index is 11.7. The average molecular weight is 239 g/mol. The Morgan fingerprint density at radius 2 is 1.82 bits per heavy atom. The van der Waals surface area contributed by atoms with Gasteiger partial charge in [0.25, 0.3) is 5.91 Å². The fraction of sp³-hybridized carbons (Fsp3) is 0.273. The number of carboxylic acids is 1. The molecule has 1 aromatic rings. The molecule has 0 saturated carbocycles. The Kier molecular flexibility index (Phi) is 3.26. The van der Waals surface area contributed by atoms with Crippen LogP contribution in [0.4, 0.5) is 0 Å². The fourth-order valence-electron chi connectivity index (χ4n) is 1.11. The van der Waals surface area contributed by atoms with Gasteiger partial charge in [0.15, 0.2) is 0 Å². The summed E-state index contributed by atoms with van der Waals surface area (Å²) in [4.78, 5) is 22.5. The van der Waals surface area contributed by atoms with Crippen LogP contribution in [0.5, 0.6) is 11.5 Å². The minimum absolute atomic E-state index is 0.181. The van der Waals surface area contributed by atoms with Crippen LogP contribution in [0.3, 0.4) is 0 Å². The molecule has 0 radical (unpaired) electrons. The van der Waals surface area contributed by atoms with Gasteiger partial charge in [-0.15, -0.1) is 0 Å². The van der Waals surface area contributed by atoms with Crippen LogP contribution in [0.1, 0.15) is 24.2 Å². The number of phenols is 2. The summed E-state index contributed by atoms with van der Waals surface area (Å²) in [5.74, 6) is -2.50. The van der Waals surface area contributed by atoms with Gasteiger partial charge in [0.2, 0.25) is 0 Å². The van der Waals surface area contributed by atoms with E-state index in [1.54, 1.807) is 0 Å². The zero-order valence-corrected chi connectivity index (χ0v) is 9.39. The van der Waals surface area contributed by atoms with E-state index >= 15 is 0 Å². The van der Waals surface area contributed by atoms with Gasteiger partial charge in [0.1, 0.15) is 17.0 Å². The summed E-state index contributed by atoms with van der Waals surface area (Å²) in [5, 5.41) is 29.7. The number of hydrogen-bond acceptors (Lipinski definition) is 4. The van der Waals surface area contributed by atoms with Crippen LogP contribution in [0.2, 0.25) is 0 Å². The van der Waals surface area contributed by atoms with Gasteiger partial charge in [-0.25, -0.2) is 4.79 Å².